The van der Waals surface area contributed by atoms with E-state index in [0.717, 1.165) is 4.47 Å². The summed E-state index contributed by atoms with van der Waals surface area (Å²) < 4.78 is 0.748. The largest absolute Gasteiger partial charge is 0.318 e. The van der Waals surface area contributed by atoms with Crippen LogP contribution in [0, 0.1) is 0 Å². The number of aromatic amines is 1. The summed E-state index contributed by atoms with van der Waals surface area (Å²) in [6.45, 7) is 1.89. The van der Waals surface area contributed by atoms with Crippen molar-refractivity contribution in [2.24, 2.45) is 0 Å². The number of halogens is 2. The second kappa shape index (κ2) is 3.94. The minimum atomic E-state index is -0.176. The Kier molecular flexibility index (Phi) is 2.80. The first-order valence-corrected chi connectivity index (χ1v) is 5.67. The highest BCUT2D eigenvalue weighted by atomic mass is 79.9. The molecule has 0 fully saturated rings. The molecule has 0 bridgehead atoms. The Morgan fingerprint density at radius 2 is 2.27 bits per heavy atom. The number of nitrogens with one attached hydrogen (secondary N) is 1. The van der Waals surface area contributed by atoms with Gasteiger partial charge >= 0.3 is 0 Å². The normalized spacial score (nSPS) is 10.9. The first-order valence-electron chi connectivity index (χ1n) is 4.50. The van der Waals surface area contributed by atoms with Gasteiger partial charge in [-0.15, -0.1) is 0 Å². The molecule has 3 nitrogen and oxygen atoms in total. The Labute approximate surface area is 99.6 Å². The van der Waals surface area contributed by atoms with Crippen LogP contribution in [0.5, 0.6) is 0 Å². The van der Waals surface area contributed by atoms with Gasteiger partial charge in [-0.3, -0.25) is 4.79 Å². The molecule has 0 aliphatic heterocycles. The zero-order valence-electron chi connectivity index (χ0n) is 7.97. The number of aromatic nitrogens is 2. The Morgan fingerprint density at radius 1 is 1.53 bits per heavy atom. The van der Waals surface area contributed by atoms with E-state index < -0.39 is 0 Å². The number of nitrogens with zero attached hydrogens (tertiary/aromatic N) is 1. The van der Waals surface area contributed by atoms with Crippen molar-refractivity contribution in [3.8, 4) is 0 Å². The van der Waals surface area contributed by atoms with Crippen LogP contribution in [0.15, 0.2) is 21.4 Å². The maximum atomic E-state index is 11.5. The number of benzene rings is 1. The Bertz CT molecular complexity index is 579. The zero-order valence-corrected chi connectivity index (χ0v) is 10.3. The third-order valence-electron chi connectivity index (χ3n) is 2.16. The zero-order chi connectivity index (χ0) is 11.0. The number of aryl methyl sites for hydroxylation is 1. The second-order valence-corrected chi connectivity index (χ2v) is 4.35. The van der Waals surface area contributed by atoms with Gasteiger partial charge in [0, 0.05) is 4.47 Å². The van der Waals surface area contributed by atoms with Gasteiger partial charge in [-0.2, -0.15) is 0 Å². The highest BCUT2D eigenvalue weighted by molar-refractivity contribution is 9.10. The third kappa shape index (κ3) is 1.79. The lowest BCUT2D eigenvalue weighted by atomic mass is 10.2. The summed E-state index contributed by atoms with van der Waals surface area (Å²) in [5.74, 6) is 0. The number of fused-ring (bicyclic) bond motifs is 1. The highest BCUT2D eigenvalue weighted by Gasteiger charge is 2.07. The Balaban J connectivity index is 2.87. The number of rotatable bonds is 1. The first-order chi connectivity index (χ1) is 7.13. The van der Waals surface area contributed by atoms with E-state index in [9.17, 15) is 4.79 Å². The van der Waals surface area contributed by atoms with Crippen LogP contribution in [0.3, 0.4) is 0 Å². The molecule has 0 saturated heterocycles. The summed E-state index contributed by atoms with van der Waals surface area (Å²) in [7, 11) is 0. The topological polar surface area (TPSA) is 45.8 Å². The van der Waals surface area contributed by atoms with Gasteiger partial charge in [-0.25, -0.2) is 4.98 Å². The molecule has 0 unspecified atom stereocenters. The van der Waals surface area contributed by atoms with Gasteiger partial charge in [0.2, 0.25) is 0 Å². The Morgan fingerprint density at radius 3 is 2.93 bits per heavy atom. The molecule has 5 heteroatoms. The summed E-state index contributed by atoms with van der Waals surface area (Å²) in [5.41, 5.74) is 1.64. The van der Waals surface area contributed by atoms with E-state index in [4.69, 9.17) is 11.6 Å². The molecule has 0 amide bonds. The number of hydrogen-bond acceptors (Lipinski definition) is 2. The van der Waals surface area contributed by atoms with Crippen molar-refractivity contribution in [1.29, 1.82) is 0 Å². The SMILES string of the molecule is CCc1nc2ccc(Br)c(Cl)c2[nH]c1=O. The third-order valence-corrected chi connectivity index (χ3v) is 3.45. The molecule has 2 rings (SSSR count). The van der Waals surface area contributed by atoms with Crippen molar-refractivity contribution in [2.45, 2.75) is 13.3 Å². The molecular formula is C10H8BrClN2O. The van der Waals surface area contributed by atoms with Crippen LogP contribution >= 0.6 is 27.5 Å². The summed E-state index contributed by atoms with van der Waals surface area (Å²) in [6.07, 6.45) is 0.610. The van der Waals surface area contributed by atoms with Crippen LogP contribution < -0.4 is 5.56 Å². The molecular weight excluding hydrogens is 279 g/mol. The van der Waals surface area contributed by atoms with Gasteiger partial charge in [0.25, 0.3) is 5.56 Å². The van der Waals surface area contributed by atoms with Crippen molar-refractivity contribution >= 4 is 38.6 Å². The quantitative estimate of drug-likeness (QED) is 0.876. The molecule has 0 aliphatic carbocycles. The van der Waals surface area contributed by atoms with Gasteiger partial charge in [0.1, 0.15) is 5.69 Å². The predicted octanol–water partition coefficient (Wildman–Crippen LogP) is 2.90. The molecule has 78 valence electrons. The van der Waals surface area contributed by atoms with Gasteiger partial charge in [-0.1, -0.05) is 18.5 Å². The van der Waals surface area contributed by atoms with Gasteiger partial charge in [-0.05, 0) is 34.5 Å². The number of H-pyrrole nitrogens is 1. The van der Waals surface area contributed by atoms with Crippen molar-refractivity contribution in [2.75, 3.05) is 0 Å². The summed E-state index contributed by atoms with van der Waals surface area (Å²) in [4.78, 5) is 18.5. The van der Waals surface area contributed by atoms with Crippen LogP contribution in [0.4, 0.5) is 0 Å². The molecule has 1 aromatic heterocycles. The van der Waals surface area contributed by atoms with Gasteiger partial charge < -0.3 is 4.98 Å². The van der Waals surface area contributed by atoms with Crippen LogP contribution in [0.1, 0.15) is 12.6 Å². The van der Waals surface area contributed by atoms with E-state index >= 15 is 0 Å². The van der Waals surface area contributed by atoms with Crippen LogP contribution in [-0.4, -0.2) is 9.97 Å². The lowest BCUT2D eigenvalue weighted by Crippen LogP contribution is -2.14. The van der Waals surface area contributed by atoms with Gasteiger partial charge in [0.05, 0.1) is 16.1 Å². The molecule has 1 aromatic carbocycles. The molecule has 0 atom stereocenters. The van der Waals surface area contributed by atoms with Crippen LogP contribution in [-0.2, 0) is 6.42 Å². The summed E-state index contributed by atoms with van der Waals surface area (Å²) in [6, 6.07) is 3.63. The maximum Gasteiger partial charge on any atom is 0.270 e. The monoisotopic (exact) mass is 286 g/mol. The molecule has 0 saturated carbocycles. The Hall–Kier alpha value is -0.870. The number of hydrogen-bond donors (Lipinski definition) is 1. The lowest BCUT2D eigenvalue weighted by Gasteiger charge is -2.03. The van der Waals surface area contributed by atoms with Crippen molar-refractivity contribution in [3.63, 3.8) is 0 Å². The van der Waals surface area contributed by atoms with Gasteiger partial charge in [0.15, 0.2) is 0 Å². The smallest absolute Gasteiger partial charge is 0.270 e. The average Bonchev–Trinajstić information content (AvgIpc) is 2.24. The molecule has 0 spiro atoms. The molecule has 1 heterocycles. The van der Waals surface area contributed by atoms with E-state index in [-0.39, 0.29) is 5.56 Å². The molecule has 1 N–H and O–H groups in total. The molecule has 2 aromatic rings. The molecule has 0 radical (unpaired) electrons. The fourth-order valence-electron chi connectivity index (χ4n) is 1.37. The van der Waals surface area contributed by atoms with E-state index in [1.165, 1.54) is 0 Å². The molecule has 0 aliphatic rings. The van der Waals surface area contributed by atoms with Crippen molar-refractivity contribution < 1.29 is 0 Å². The summed E-state index contributed by atoms with van der Waals surface area (Å²) >= 11 is 9.33. The lowest BCUT2D eigenvalue weighted by molar-refractivity contribution is 0.996. The highest BCUT2D eigenvalue weighted by Crippen LogP contribution is 2.28. The van der Waals surface area contributed by atoms with Crippen molar-refractivity contribution in [3.05, 3.63) is 37.7 Å². The first kappa shape index (κ1) is 10.6. The van der Waals surface area contributed by atoms with E-state index in [1.807, 2.05) is 19.1 Å². The van der Waals surface area contributed by atoms with Crippen molar-refractivity contribution in [1.82, 2.24) is 9.97 Å². The maximum absolute atomic E-state index is 11.5. The minimum absolute atomic E-state index is 0.176. The van der Waals surface area contributed by atoms with E-state index in [0.29, 0.717) is 28.2 Å². The van der Waals surface area contributed by atoms with Crippen LogP contribution in [0.25, 0.3) is 11.0 Å². The van der Waals surface area contributed by atoms with E-state index in [1.54, 1.807) is 0 Å². The fourth-order valence-corrected chi connectivity index (χ4v) is 1.91. The van der Waals surface area contributed by atoms with Crippen LogP contribution in [0.2, 0.25) is 5.02 Å². The van der Waals surface area contributed by atoms with E-state index in [2.05, 4.69) is 25.9 Å². The predicted molar refractivity (Wildman–Crippen MR) is 64.5 cm³/mol. The average molecular weight is 288 g/mol. The standard InChI is InChI=1S/C10H8BrClN2O/c1-2-6-10(15)14-9-7(13-6)4-3-5(11)8(9)12/h3-4H,2H2,1H3,(H,14,15). The molecule has 15 heavy (non-hydrogen) atoms. The summed E-state index contributed by atoms with van der Waals surface area (Å²) in [5, 5.41) is 0.486. The second-order valence-electron chi connectivity index (χ2n) is 3.12. The minimum Gasteiger partial charge on any atom is -0.318 e. The fraction of sp³-hybridized carbons (Fsp3) is 0.200.